The Morgan fingerprint density at radius 1 is 0.794 bits per heavy atom. The Morgan fingerprint density at radius 3 is 2.06 bits per heavy atom. The van der Waals surface area contributed by atoms with Crippen molar-refractivity contribution in [1.29, 1.82) is 0 Å². The van der Waals surface area contributed by atoms with Crippen molar-refractivity contribution >= 4 is 5.83 Å². The molecule has 0 saturated heterocycles. The molecule has 3 aromatic rings. The minimum absolute atomic E-state index is 0.223. The Kier molecular flexibility index (Phi) is 6.68. The zero-order valence-corrected chi connectivity index (χ0v) is 16.9. The molecule has 0 aliphatic rings. The summed E-state index contributed by atoms with van der Waals surface area (Å²) in [4.78, 5) is 0. The molecule has 0 N–H and O–H groups in total. The minimum atomic E-state index is -5.04. The van der Waals surface area contributed by atoms with Gasteiger partial charge in [-0.15, -0.1) is 0 Å². The molecule has 0 unspecified atom stereocenters. The number of allylic oxidation sites excluding steroid dienone is 1. The summed E-state index contributed by atoms with van der Waals surface area (Å²) in [6.07, 6.45) is -10.2. The molecular formula is C23H12F10O. The molecule has 0 radical (unpaired) electrons. The summed E-state index contributed by atoms with van der Waals surface area (Å²) < 4.78 is 140. The molecule has 0 aromatic heterocycles. The number of rotatable bonds is 5. The molecular weight excluding hydrogens is 482 g/mol. The Balaban J connectivity index is 1.89. The van der Waals surface area contributed by atoms with Gasteiger partial charge in [0.25, 0.3) is 0 Å². The van der Waals surface area contributed by atoms with Crippen molar-refractivity contribution in [3.8, 4) is 16.9 Å². The molecule has 34 heavy (non-hydrogen) atoms. The highest BCUT2D eigenvalue weighted by Gasteiger charge is 2.39. The van der Waals surface area contributed by atoms with Gasteiger partial charge < -0.3 is 4.74 Å². The van der Waals surface area contributed by atoms with Crippen molar-refractivity contribution in [2.45, 2.75) is 19.2 Å². The Hall–Kier alpha value is -3.50. The van der Waals surface area contributed by atoms with E-state index >= 15 is 0 Å². The van der Waals surface area contributed by atoms with Crippen molar-refractivity contribution in [1.82, 2.24) is 0 Å². The van der Waals surface area contributed by atoms with Crippen LogP contribution < -0.4 is 4.74 Å². The van der Waals surface area contributed by atoms with E-state index in [4.69, 9.17) is 0 Å². The fourth-order valence-electron chi connectivity index (χ4n) is 2.96. The van der Waals surface area contributed by atoms with Gasteiger partial charge in [-0.3, -0.25) is 0 Å². The molecule has 0 atom stereocenters. The molecule has 0 bridgehead atoms. The highest BCUT2D eigenvalue weighted by Crippen LogP contribution is 2.36. The van der Waals surface area contributed by atoms with Crippen LogP contribution in [0.4, 0.5) is 43.9 Å². The summed E-state index contributed by atoms with van der Waals surface area (Å²) >= 11 is 0. The maximum atomic E-state index is 14.5. The van der Waals surface area contributed by atoms with Crippen LogP contribution in [0.15, 0.2) is 54.6 Å². The van der Waals surface area contributed by atoms with Crippen LogP contribution >= 0.6 is 0 Å². The lowest BCUT2D eigenvalue weighted by atomic mass is 10.0. The first kappa shape index (κ1) is 25.1. The third kappa shape index (κ3) is 5.35. The summed E-state index contributed by atoms with van der Waals surface area (Å²) in [7, 11) is 0. The molecule has 0 heterocycles. The van der Waals surface area contributed by atoms with E-state index in [9.17, 15) is 43.9 Å². The van der Waals surface area contributed by atoms with Gasteiger partial charge in [0.05, 0.1) is 6.08 Å². The first-order chi connectivity index (χ1) is 15.7. The highest BCUT2D eigenvalue weighted by molar-refractivity contribution is 5.69. The van der Waals surface area contributed by atoms with E-state index in [1.807, 2.05) is 0 Å². The van der Waals surface area contributed by atoms with Gasteiger partial charge in [-0.2, -0.15) is 22.0 Å². The van der Waals surface area contributed by atoms with Gasteiger partial charge in [0, 0.05) is 17.2 Å². The van der Waals surface area contributed by atoms with E-state index in [2.05, 4.69) is 4.74 Å². The number of alkyl halides is 5. The summed E-state index contributed by atoms with van der Waals surface area (Å²) in [5, 5.41) is 0. The number of aryl methyl sites for hydroxylation is 1. The first-order valence-corrected chi connectivity index (χ1v) is 9.26. The van der Waals surface area contributed by atoms with Crippen LogP contribution in [0, 0.1) is 30.2 Å². The largest absolute Gasteiger partial charge is 0.429 e. The van der Waals surface area contributed by atoms with Crippen LogP contribution in [-0.2, 0) is 6.11 Å². The van der Waals surface area contributed by atoms with E-state index in [-0.39, 0.29) is 16.7 Å². The summed E-state index contributed by atoms with van der Waals surface area (Å²) in [6.45, 7) is 1.16. The maximum Gasteiger partial charge on any atom is 0.429 e. The summed E-state index contributed by atoms with van der Waals surface area (Å²) in [5.74, 6) is -8.69. The molecule has 3 aromatic carbocycles. The Bertz CT molecular complexity index is 1260. The van der Waals surface area contributed by atoms with E-state index in [1.54, 1.807) is 0 Å². The van der Waals surface area contributed by atoms with Crippen molar-refractivity contribution in [2.75, 3.05) is 0 Å². The van der Waals surface area contributed by atoms with Gasteiger partial charge in [0.1, 0.15) is 28.8 Å². The molecule has 0 amide bonds. The quantitative estimate of drug-likeness (QED) is 0.325. The molecule has 0 fully saturated rings. The zero-order valence-electron chi connectivity index (χ0n) is 16.9. The van der Waals surface area contributed by atoms with Gasteiger partial charge in [0.2, 0.25) is 0 Å². The average Bonchev–Trinajstić information content (AvgIpc) is 2.70. The normalized spacial score (nSPS) is 12.7. The number of ether oxygens (including phenoxy) is 1. The van der Waals surface area contributed by atoms with E-state index < -0.39 is 64.3 Å². The first-order valence-electron chi connectivity index (χ1n) is 9.26. The second kappa shape index (κ2) is 9.03. The molecule has 3 rings (SSSR count). The van der Waals surface area contributed by atoms with E-state index in [1.165, 1.54) is 0 Å². The van der Waals surface area contributed by atoms with Crippen LogP contribution in [-0.4, -0.2) is 6.18 Å². The molecule has 0 aliphatic carbocycles. The predicted molar refractivity (Wildman–Crippen MR) is 103 cm³/mol. The molecule has 11 heteroatoms. The smallest absolute Gasteiger partial charge is 0.429 e. The lowest BCUT2D eigenvalue weighted by Crippen LogP contribution is -2.24. The minimum Gasteiger partial charge on any atom is -0.429 e. The second-order valence-corrected chi connectivity index (χ2v) is 7.05. The zero-order chi connectivity index (χ0) is 25.4. The van der Waals surface area contributed by atoms with E-state index in [0.717, 1.165) is 31.2 Å². The Labute approximate surface area is 185 Å². The van der Waals surface area contributed by atoms with Crippen LogP contribution in [0.25, 0.3) is 17.0 Å². The lowest BCUT2D eigenvalue weighted by molar-refractivity contribution is -0.187. The molecule has 1 nitrogen and oxygen atoms in total. The fraction of sp³-hybridized carbons (Fsp3) is 0.130. The fourth-order valence-corrected chi connectivity index (χ4v) is 2.96. The van der Waals surface area contributed by atoms with Crippen molar-refractivity contribution < 1.29 is 48.6 Å². The standard InChI is InChI=1S/C23H12F10O/c1-11-2-7-16(21(28)20(11)27)23(32,33)34-13-4-6-14(18(25)9-13)12-3-5-15(17(24)8-12)19(26)10-22(29,30)31/h2-10H,1H3/b19-10-. The highest BCUT2D eigenvalue weighted by atomic mass is 19.4. The molecule has 0 saturated carbocycles. The van der Waals surface area contributed by atoms with Gasteiger partial charge in [-0.1, -0.05) is 12.1 Å². The van der Waals surface area contributed by atoms with Crippen molar-refractivity contribution in [3.05, 3.63) is 94.6 Å². The van der Waals surface area contributed by atoms with Crippen LogP contribution in [0.1, 0.15) is 16.7 Å². The lowest BCUT2D eigenvalue weighted by Gasteiger charge is -2.20. The monoisotopic (exact) mass is 494 g/mol. The second-order valence-electron chi connectivity index (χ2n) is 7.05. The summed E-state index contributed by atoms with van der Waals surface area (Å²) in [6, 6.07) is 5.79. The van der Waals surface area contributed by atoms with Gasteiger partial charge in [0.15, 0.2) is 11.6 Å². The molecule has 0 aliphatic heterocycles. The number of hydrogen-bond donors (Lipinski definition) is 0. The van der Waals surface area contributed by atoms with Gasteiger partial charge in [-0.25, -0.2) is 22.0 Å². The summed E-state index contributed by atoms with van der Waals surface area (Å²) in [5.41, 5.74) is -3.29. The van der Waals surface area contributed by atoms with Crippen LogP contribution in [0.5, 0.6) is 5.75 Å². The maximum absolute atomic E-state index is 14.5. The number of benzene rings is 3. The number of halogens is 10. The third-order valence-electron chi connectivity index (χ3n) is 4.60. The van der Waals surface area contributed by atoms with Gasteiger partial charge >= 0.3 is 12.3 Å². The third-order valence-corrected chi connectivity index (χ3v) is 4.60. The van der Waals surface area contributed by atoms with Crippen molar-refractivity contribution in [3.63, 3.8) is 0 Å². The topological polar surface area (TPSA) is 9.23 Å². The SMILES string of the molecule is Cc1ccc(C(F)(F)Oc2ccc(-c3ccc(/C(F)=C/C(F)(F)F)c(F)c3)c(F)c2)c(F)c1F. The number of hydrogen-bond acceptors (Lipinski definition) is 1. The van der Waals surface area contributed by atoms with Crippen LogP contribution in [0.3, 0.4) is 0 Å². The average molecular weight is 494 g/mol. The van der Waals surface area contributed by atoms with E-state index in [0.29, 0.717) is 24.3 Å². The van der Waals surface area contributed by atoms with Crippen LogP contribution in [0.2, 0.25) is 0 Å². The molecule has 180 valence electrons. The predicted octanol–water partition coefficient (Wildman–Crippen LogP) is 8.22. The van der Waals surface area contributed by atoms with Crippen molar-refractivity contribution in [2.24, 2.45) is 0 Å². The molecule has 0 spiro atoms. The van der Waals surface area contributed by atoms with Gasteiger partial charge in [-0.05, 0) is 48.4 Å². The Morgan fingerprint density at radius 2 is 1.47 bits per heavy atom.